The van der Waals surface area contributed by atoms with Crippen LogP contribution in [0.2, 0.25) is 0 Å². The van der Waals surface area contributed by atoms with Crippen LogP contribution in [0.25, 0.3) is 12.2 Å². The van der Waals surface area contributed by atoms with Gasteiger partial charge in [-0.3, -0.25) is 18.2 Å². The Bertz CT molecular complexity index is 2860. The van der Waals surface area contributed by atoms with Crippen molar-refractivity contribution in [2.24, 2.45) is 0 Å². The molecule has 1 aliphatic rings. The number of hydrogen-bond donors (Lipinski definition) is 11. The second-order valence-corrected chi connectivity index (χ2v) is 20.3. The molecule has 3 unspecified atom stereocenters. The summed E-state index contributed by atoms with van der Waals surface area (Å²) in [6, 6.07) is 7.13. The van der Waals surface area contributed by atoms with Crippen LogP contribution in [0.4, 0.5) is 47.1 Å². The average Bonchev–Trinajstić information content (AvgIpc) is 3.61. The Balaban J connectivity index is 1.45. The fourth-order valence-corrected chi connectivity index (χ4v) is 8.05. The molecule has 356 valence electrons. The van der Waals surface area contributed by atoms with E-state index in [1.165, 1.54) is 36.2 Å². The summed E-state index contributed by atoms with van der Waals surface area (Å²) >= 11 is 0. The van der Waals surface area contributed by atoms with E-state index in [0.29, 0.717) is 0 Å². The SMILES string of the molecule is CN(CC(O)CO)c1nc(NCCS(=O)(=O)O)nc(Nc2ccc(C=Cc3ccc(Nc4nc(NCCS(=O)(=O)O)nc([N+]5(C)COC(CO)C5)n4)cc3S(=O)(=O)O)c(S(=O)(=O)O)c2)n1. The summed E-state index contributed by atoms with van der Waals surface area (Å²) in [5, 5.41) is 39.6. The molecule has 2 aromatic carbocycles. The van der Waals surface area contributed by atoms with E-state index in [9.17, 15) is 58.1 Å². The molecule has 0 radical (unpaired) electrons. The van der Waals surface area contributed by atoms with Gasteiger partial charge in [0, 0.05) is 38.1 Å². The number of rotatable bonds is 22. The predicted octanol–water partition coefficient (Wildman–Crippen LogP) is -1.12. The summed E-state index contributed by atoms with van der Waals surface area (Å²) in [5.74, 6) is -2.21. The minimum absolute atomic E-state index is 0.00691. The molecule has 2 aromatic heterocycles. The van der Waals surface area contributed by atoms with Crippen LogP contribution >= 0.6 is 0 Å². The predicted molar refractivity (Wildman–Crippen MR) is 233 cm³/mol. The number of ether oxygens (including phenoxy) is 1. The molecule has 5 rings (SSSR count). The highest BCUT2D eigenvalue weighted by Gasteiger charge is 2.40. The first-order valence-electron chi connectivity index (χ1n) is 18.7. The third-order valence-electron chi connectivity index (χ3n) is 9.00. The Morgan fingerprint density at radius 1 is 0.738 bits per heavy atom. The van der Waals surface area contributed by atoms with Crippen molar-refractivity contribution in [1.82, 2.24) is 34.4 Å². The van der Waals surface area contributed by atoms with Gasteiger partial charge in [0.15, 0.2) is 6.73 Å². The first-order valence-corrected chi connectivity index (χ1v) is 24.8. The third kappa shape index (κ3) is 14.8. The number of aromatic nitrogens is 6. The van der Waals surface area contributed by atoms with E-state index >= 15 is 0 Å². The molecule has 0 amide bonds. The van der Waals surface area contributed by atoms with Gasteiger partial charge in [0.2, 0.25) is 29.7 Å². The summed E-state index contributed by atoms with van der Waals surface area (Å²) in [6.07, 6.45) is 0.504. The molecule has 11 N–H and O–H groups in total. The van der Waals surface area contributed by atoms with Crippen molar-refractivity contribution in [2.45, 2.75) is 22.0 Å². The Labute approximate surface area is 372 Å². The number of likely N-dealkylation sites (N-methyl/N-ethyl adjacent to an activating group) is 2. The molecular weight excluding hydrogens is 949 g/mol. The van der Waals surface area contributed by atoms with Crippen molar-refractivity contribution in [1.29, 1.82) is 0 Å². The van der Waals surface area contributed by atoms with Crippen LogP contribution in [0, 0.1) is 0 Å². The van der Waals surface area contributed by atoms with E-state index in [1.54, 1.807) is 7.05 Å². The third-order valence-corrected chi connectivity index (χ3v) is 12.3. The van der Waals surface area contributed by atoms with Crippen molar-refractivity contribution in [3.63, 3.8) is 0 Å². The van der Waals surface area contributed by atoms with Gasteiger partial charge in [-0.1, -0.05) is 24.3 Å². The lowest BCUT2D eigenvalue weighted by Crippen LogP contribution is -2.45. The maximum Gasteiger partial charge on any atom is 0.337 e. The minimum atomic E-state index is -5.00. The van der Waals surface area contributed by atoms with Crippen LogP contribution in [-0.2, 0) is 45.2 Å². The highest BCUT2D eigenvalue weighted by Crippen LogP contribution is 2.30. The molecule has 3 atom stereocenters. The number of benzene rings is 2. The van der Waals surface area contributed by atoms with Gasteiger partial charge in [0.05, 0.1) is 37.9 Å². The topological polar surface area (TPSA) is 416 Å². The molecule has 0 bridgehead atoms. The van der Waals surface area contributed by atoms with E-state index in [2.05, 4.69) is 51.2 Å². The van der Waals surface area contributed by atoms with E-state index < -0.39 is 80.6 Å². The van der Waals surface area contributed by atoms with Gasteiger partial charge in [0.25, 0.3) is 40.5 Å². The lowest BCUT2D eigenvalue weighted by atomic mass is 10.1. The zero-order chi connectivity index (χ0) is 48.0. The van der Waals surface area contributed by atoms with Crippen LogP contribution in [0.3, 0.4) is 0 Å². The number of anilines is 7. The smallest absolute Gasteiger partial charge is 0.337 e. The van der Waals surface area contributed by atoms with Gasteiger partial charge in [0.1, 0.15) is 22.4 Å². The fraction of sp³-hybridized carbons (Fsp3) is 0.394. The quantitative estimate of drug-likeness (QED) is 0.0252. The zero-order valence-corrected chi connectivity index (χ0v) is 37.4. The highest BCUT2D eigenvalue weighted by atomic mass is 32.2. The van der Waals surface area contributed by atoms with Crippen molar-refractivity contribution < 1.29 is 71.9 Å². The Morgan fingerprint density at radius 3 is 1.65 bits per heavy atom. The molecule has 0 spiro atoms. The second-order valence-electron chi connectivity index (χ2n) is 14.4. The molecule has 4 aromatic rings. The van der Waals surface area contributed by atoms with Crippen LogP contribution in [-0.4, -0.2) is 181 Å². The number of aliphatic hydroxyl groups is 3. The van der Waals surface area contributed by atoms with Gasteiger partial charge in [-0.05, 0) is 35.4 Å². The molecule has 1 saturated heterocycles. The van der Waals surface area contributed by atoms with Crippen LogP contribution < -0.4 is 30.7 Å². The summed E-state index contributed by atoms with van der Waals surface area (Å²) in [5.41, 5.74) is -0.342. The van der Waals surface area contributed by atoms with Crippen molar-refractivity contribution in [3.8, 4) is 0 Å². The number of quaternary nitrogens is 1. The first-order chi connectivity index (χ1) is 30.2. The number of aliphatic hydroxyl groups excluding tert-OH is 3. The highest BCUT2D eigenvalue weighted by molar-refractivity contribution is 7.86. The van der Waals surface area contributed by atoms with E-state index in [1.807, 2.05) is 0 Å². The van der Waals surface area contributed by atoms with Gasteiger partial charge in [-0.25, -0.2) is 4.48 Å². The molecule has 3 heterocycles. The lowest BCUT2D eigenvalue weighted by Gasteiger charge is -2.24. The van der Waals surface area contributed by atoms with Crippen LogP contribution in [0.15, 0.2) is 46.2 Å². The molecular formula is C33H45N12O16S4+. The standard InChI is InChI=1S/C33H44N12O16S4/c1-44(15-24(48)17-46)32-40-28(34-9-11-62(49,50)51)38-30(41-32)36-22-7-5-20(26(13-22)64(55,56)57)3-4-21-6-8-23(14-27(21)65(58,59)60)37-31-39-29(35-10-12-63(52,53)54)42-33(43-31)45(2)16-25(18-47)61-19-45/h3-8,13-14,24-25,46-48H,9-12,15-19H2,1-2H3,(H7-,34,35,36,37,38,39,40,41,42,43,49,50,51,52,53,54,55,56,57,58,59,60)/p+1. The second kappa shape index (κ2) is 20.4. The maximum atomic E-state index is 12.7. The van der Waals surface area contributed by atoms with Gasteiger partial charge >= 0.3 is 5.95 Å². The number of hydrogen-bond acceptors (Lipinski definition) is 23. The molecule has 28 nitrogen and oxygen atoms in total. The van der Waals surface area contributed by atoms with E-state index in [0.717, 1.165) is 24.3 Å². The summed E-state index contributed by atoms with van der Waals surface area (Å²) < 4.78 is 140. The van der Waals surface area contributed by atoms with Gasteiger partial charge in [-0.2, -0.15) is 53.6 Å². The minimum Gasteiger partial charge on any atom is -0.394 e. The summed E-state index contributed by atoms with van der Waals surface area (Å²) in [4.78, 5) is 25.4. The molecule has 1 fully saturated rings. The van der Waals surface area contributed by atoms with Crippen LogP contribution in [0.1, 0.15) is 11.1 Å². The van der Waals surface area contributed by atoms with Crippen LogP contribution in [0.5, 0.6) is 0 Å². The Hall–Kier alpha value is -5.36. The fourth-order valence-electron chi connectivity index (χ4n) is 5.91. The average molecular weight is 994 g/mol. The van der Waals surface area contributed by atoms with Gasteiger partial charge < -0.3 is 46.2 Å². The number of nitrogens with zero attached hydrogens (tertiary/aromatic N) is 8. The molecule has 0 aliphatic carbocycles. The van der Waals surface area contributed by atoms with Crippen molar-refractivity contribution in [3.05, 3.63) is 47.5 Å². The normalized spacial score (nSPS) is 17.5. The largest absolute Gasteiger partial charge is 0.394 e. The van der Waals surface area contributed by atoms with Crippen molar-refractivity contribution >= 4 is 99.7 Å². The first kappa shape index (κ1) is 50.6. The Morgan fingerprint density at radius 2 is 1.20 bits per heavy atom. The number of nitrogens with one attached hydrogen (secondary N) is 4. The summed E-state index contributed by atoms with van der Waals surface area (Å²) in [6.45, 7) is -1.45. The lowest BCUT2D eigenvalue weighted by molar-refractivity contribution is 0.0545. The van der Waals surface area contributed by atoms with E-state index in [4.69, 9.17) is 13.8 Å². The monoisotopic (exact) mass is 993 g/mol. The Kier molecular flexibility index (Phi) is 15.9. The van der Waals surface area contributed by atoms with Crippen molar-refractivity contribution in [2.75, 3.05) is 97.9 Å². The molecule has 0 saturated carbocycles. The zero-order valence-electron chi connectivity index (χ0n) is 34.2. The van der Waals surface area contributed by atoms with Gasteiger partial charge in [-0.15, -0.1) is 9.97 Å². The van der Waals surface area contributed by atoms with E-state index in [-0.39, 0.29) is 102 Å². The molecule has 65 heavy (non-hydrogen) atoms. The summed E-state index contributed by atoms with van der Waals surface area (Å²) in [7, 11) is -15.6. The molecule has 32 heteroatoms. The molecule has 1 aliphatic heterocycles. The maximum absolute atomic E-state index is 12.7.